The first-order valence-electron chi connectivity index (χ1n) is 9.82. The van der Waals surface area contributed by atoms with Crippen molar-refractivity contribution in [2.24, 2.45) is 5.73 Å². The molecule has 1 saturated heterocycles. The van der Waals surface area contributed by atoms with Crippen LogP contribution in [0.4, 0.5) is 0 Å². The number of benzene rings is 1. The van der Waals surface area contributed by atoms with Gasteiger partial charge in [-0.2, -0.15) is 0 Å². The van der Waals surface area contributed by atoms with Crippen LogP contribution in [-0.2, 0) is 16.0 Å². The molecule has 1 fully saturated rings. The lowest BCUT2D eigenvalue weighted by Crippen LogP contribution is -2.48. The number of carbonyl (C=O) groups is 3. The van der Waals surface area contributed by atoms with E-state index in [1.807, 2.05) is 0 Å². The van der Waals surface area contributed by atoms with Gasteiger partial charge in [0.05, 0.1) is 12.1 Å². The molecule has 0 bridgehead atoms. The third-order valence-corrected chi connectivity index (χ3v) is 5.41. The fraction of sp³-hybridized carbons (Fsp3) is 0.526. The Kier molecular flexibility index (Phi) is 6.89. The number of ketones is 1. The molecule has 2 atom stereocenters. The molecular weight excluding hydrogens is 377 g/mol. The van der Waals surface area contributed by atoms with Crippen molar-refractivity contribution >= 4 is 24.8 Å². The molecule has 10 heteroatoms. The number of nitrogens with two attached hydrogens (primary N) is 1. The van der Waals surface area contributed by atoms with Crippen molar-refractivity contribution in [1.82, 2.24) is 10.2 Å². The minimum absolute atomic E-state index is 0.00762. The van der Waals surface area contributed by atoms with Gasteiger partial charge in [0.1, 0.15) is 5.75 Å². The van der Waals surface area contributed by atoms with Gasteiger partial charge in [0, 0.05) is 44.3 Å². The molecule has 0 aliphatic carbocycles. The highest BCUT2D eigenvalue weighted by molar-refractivity contribution is 6.47. The predicted octanol–water partition coefficient (Wildman–Crippen LogP) is -0.331. The van der Waals surface area contributed by atoms with Gasteiger partial charge in [-0.1, -0.05) is 12.1 Å². The van der Waals surface area contributed by atoms with Gasteiger partial charge < -0.3 is 30.7 Å². The van der Waals surface area contributed by atoms with Gasteiger partial charge >= 0.3 is 13.1 Å². The predicted molar refractivity (Wildman–Crippen MR) is 106 cm³/mol. The molecule has 1 aromatic rings. The fourth-order valence-electron chi connectivity index (χ4n) is 3.90. The number of carboxylic acid groups (broad SMARTS) is 1. The monoisotopic (exact) mass is 403 g/mol. The van der Waals surface area contributed by atoms with Crippen molar-refractivity contribution in [3.05, 3.63) is 29.3 Å². The number of carboxylic acids is 1. The van der Waals surface area contributed by atoms with E-state index in [-0.39, 0.29) is 42.0 Å². The van der Waals surface area contributed by atoms with E-state index in [4.69, 9.17) is 10.4 Å². The Labute approximate surface area is 169 Å². The lowest BCUT2D eigenvalue weighted by Gasteiger charge is -2.32. The number of nitrogens with zero attached hydrogens (tertiary/aromatic N) is 1. The number of Topliss-reactive ketones (excluding diaryl/α,β-unsaturated/α-hetero) is 1. The van der Waals surface area contributed by atoms with Crippen LogP contribution >= 0.6 is 0 Å². The van der Waals surface area contributed by atoms with Crippen LogP contribution in [0.5, 0.6) is 5.75 Å². The second-order valence-corrected chi connectivity index (χ2v) is 7.56. The lowest BCUT2D eigenvalue weighted by atomic mass is 9.64. The highest BCUT2D eigenvalue weighted by Crippen LogP contribution is 2.36. The number of hydrogen-bond acceptors (Lipinski definition) is 7. The van der Waals surface area contributed by atoms with Gasteiger partial charge in [-0.15, -0.1) is 0 Å². The second-order valence-electron chi connectivity index (χ2n) is 7.56. The van der Waals surface area contributed by atoms with E-state index in [9.17, 15) is 24.5 Å². The van der Waals surface area contributed by atoms with Crippen molar-refractivity contribution in [3.8, 4) is 5.75 Å². The molecule has 1 unspecified atom stereocenters. The minimum atomic E-state index is -1.27. The SMILES string of the molecule is NCCNC1CCN(CC(=O)C[C@H]2Cc3cccc(C(=O)O)c3OB2O)C(=O)C1. The molecule has 29 heavy (non-hydrogen) atoms. The van der Waals surface area contributed by atoms with Crippen molar-refractivity contribution in [2.75, 3.05) is 26.2 Å². The Bertz CT molecular complexity index is 789. The summed E-state index contributed by atoms with van der Waals surface area (Å²) in [6.07, 6.45) is 1.49. The molecule has 0 radical (unpaired) electrons. The molecule has 3 rings (SSSR count). The Morgan fingerprint density at radius 2 is 2.14 bits per heavy atom. The second kappa shape index (κ2) is 9.38. The van der Waals surface area contributed by atoms with Crippen molar-refractivity contribution in [2.45, 2.75) is 37.5 Å². The number of para-hydroxylation sites is 1. The Morgan fingerprint density at radius 3 is 2.83 bits per heavy atom. The number of nitrogens with one attached hydrogen (secondary N) is 1. The summed E-state index contributed by atoms with van der Waals surface area (Å²) < 4.78 is 5.42. The Morgan fingerprint density at radius 1 is 1.34 bits per heavy atom. The van der Waals surface area contributed by atoms with E-state index < -0.39 is 18.9 Å². The van der Waals surface area contributed by atoms with E-state index in [2.05, 4.69) is 5.32 Å². The fourth-order valence-corrected chi connectivity index (χ4v) is 3.90. The summed E-state index contributed by atoms with van der Waals surface area (Å²) in [6, 6.07) is 4.85. The van der Waals surface area contributed by atoms with E-state index in [1.54, 1.807) is 17.0 Å². The van der Waals surface area contributed by atoms with Gasteiger partial charge in [-0.25, -0.2) is 4.79 Å². The average molecular weight is 403 g/mol. The van der Waals surface area contributed by atoms with Gasteiger partial charge in [-0.05, 0) is 24.5 Å². The third kappa shape index (κ3) is 5.14. The van der Waals surface area contributed by atoms with Gasteiger partial charge in [0.25, 0.3) is 0 Å². The number of likely N-dealkylation sites (tertiary alicyclic amines) is 1. The van der Waals surface area contributed by atoms with Gasteiger partial charge in [0.15, 0.2) is 5.78 Å². The quantitative estimate of drug-likeness (QED) is 0.432. The summed E-state index contributed by atoms with van der Waals surface area (Å²) in [5, 5.41) is 22.7. The van der Waals surface area contributed by atoms with E-state index in [0.29, 0.717) is 38.0 Å². The molecule has 0 spiro atoms. The van der Waals surface area contributed by atoms with Crippen molar-refractivity contribution < 1.29 is 29.2 Å². The molecule has 1 aromatic carbocycles. The number of rotatable bonds is 8. The van der Waals surface area contributed by atoms with Crippen LogP contribution in [0.2, 0.25) is 5.82 Å². The molecule has 156 valence electrons. The van der Waals surface area contributed by atoms with Crippen LogP contribution in [-0.4, -0.2) is 72.0 Å². The lowest BCUT2D eigenvalue weighted by molar-refractivity contribution is -0.138. The number of piperidine rings is 1. The average Bonchev–Trinajstić information content (AvgIpc) is 2.68. The van der Waals surface area contributed by atoms with Crippen LogP contribution in [0.3, 0.4) is 0 Å². The molecule has 0 aromatic heterocycles. The summed E-state index contributed by atoms with van der Waals surface area (Å²) in [4.78, 5) is 37.7. The summed E-state index contributed by atoms with van der Waals surface area (Å²) >= 11 is 0. The van der Waals surface area contributed by atoms with Gasteiger partial charge in [-0.3, -0.25) is 9.59 Å². The summed E-state index contributed by atoms with van der Waals surface area (Å²) in [6.45, 7) is 1.67. The van der Waals surface area contributed by atoms with E-state index in [1.165, 1.54) is 6.07 Å². The maximum Gasteiger partial charge on any atom is 0.526 e. The van der Waals surface area contributed by atoms with E-state index in [0.717, 1.165) is 6.42 Å². The molecule has 0 saturated carbocycles. The standard InChI is InChI=1S/C19H26BN3O6/c21-5-6-22-14-4-7-23(17(25)10-14)11-15(24)9-13-8-12-2-1-3-16(19(26)27)18(12)29-20(13)28/h1-3,13-14,22,28H,4-11,21H2,(H,26,27)/t13-,14?/m1/s1. The Hall–Kier alpha value is -2.43. The first-order chi connectivity index (χ1) is 13.9. The topological polar surface area (TPSA) is 142 Å². The maximum absolute atomic E-state index is 12.5. The molecular formula is C19H26BN3O6. The highest BCUT2D eigenvalue weighted by Gasteiger charge is 2.38. The van der Waals surface area contributed by atoms with Crippen LogP contribution in [0.15, 0.2) is 18.2 Å². The Balaban J connectivity index is 1.56. The van der Waals surface area contributed by atoms with Gasteiger partial charge in [0.2, 0.25) is 5.91 Å². The molecule has 1 amide bonds. The molecule has 2 heterocycles. The first-order valence-corrected chi connectivity index (χ1v) is 9.82. The number of carbonyl (C=O) groups excluding carboxylic acids is 2. The largest absolute Gasteiger partial charge is 0.535 e. The minimum Gasteiger partial charge on any atom is -0.535 e. The molecule has 5 N–H and O–H groups in total. The molecule has 2 aliphatic rings. The zero-order chi connectivity index (χ0) is 21.0. The summed E-state index contributed by atoms with van der Waals surface area (Å²) in [5.41, 5.74) is 6.10. The van der Waals surface area contributed by atoms with Crippen LogP contribution in [0, 0.1) is 0 Å². The van der Waals surface area contributed by atoms with Crippen LogP contribution < -0.4 is 15.7 Å². The summed E-state index contributed by atoms with van der Waals surface area (Å²) in [5.74, 6) is -1.70. The van der Waals surface area contributed by atoms with Crippen molar-refractivity contribution in [3.63, 3.8) is 0 Å². The van der Waals surface area contributed by atoms with Crippen LogP contribution in [0.1, 0.15) is 35.2 Å². The summed E-state index contributed by atoms with van der Waals surface area (Å²) in [7, 11) is -1.27. The number of aromatic carboxylic acids is 1. The zero-order valence-corrected chi connectivity index (χ0v) is 16.2. The smallest absolute Gasteiger partial charge is 0.526 e. The molecule has 2 aliphatic heterocycles. The highest BCUT2D eigenvalue weighted by atomic mass is 16.5. The number of fused-ring (bicyclic) bond motifs is 1. The first kappa shape index (κ1) is 21.3. The number of hydrogen-bond donors (Lipinski definition) is 4. The maximum atomic E-state index is 12.5. The normalized spacial score (nSPS) is 21.5. The zero-order valence-electron chi connectivity index (χ0n) is 16.2. The third-order valence-electron chi connectivity index (χ3n) is 5.41. The van der Waals surface area contributed by atoms with Crippen LogP contribution in [0.25, 0.3) is 0 Å². The van der Waals surface area contributed by atoms with Crippen molar-refractivity contribution in [1.29, 1.82) is 0 Å². The number of amides is 1. The molecule has 9 nitrogen and oxygen atoms in total. The van der Waals surface area contributed by atoms with E-state index >= 15 is 0 Å².